The third-order valence-corrected chi connectivity index (χ3v) is 29.0. The van der Waals surface area contributed by atoms with Gasteiger partial charge >= 0.3 is 0 Å². The number of fused-ring (bicyclic) bond motifs is 24. The van der Waals surface area contributed by atoms with Crippen molar-refractivity contribution in [2.45, 2.75) is 0 Å². The number of hydrogen-bond acceptors (Lipinski definition) is 5. The molecule has 29 aromatic rings. The van der Waals surface area contributed by atoms with Crippen LogP contribution in [0.3, 0.4) is 0 Å². The van der Waals surface area contributed by atoms with Crippen molar-refractivity contribution in [1.29, 1.82) is 0 Å². The lowest BCUT2D eigenvalue weighted by molar-refractivity contribution is 0.669. The number of benzene rings is 21. The van der Waals surface area contributed by atoms with Gasteiger partial charge in [-0.1, -0.05) is 315 Å². The van der Waals surface area contributed by atoms with E-state index in [1.807, 2.05) is 48.1 Å². The van der Waals surface area contributed by atoms with E-state index in [1.54, 1.807) is 0 Å². The van der Waals surface area contributed by atoms with E-state index >= 15 is 0 Å². The molecule has 0 amide bonds. The van der Waals surface area contributed by atoms with Crippen molar-refractivity contribution in [3.8, 4) is 95.0 Å². The van der Waals surface area contributed by atoms with Crippen molar-refractivity contribution >= 4 is 184 Å². The average molecular weight is 1760 g/mol. The average Bonchev–Trinajstić information content (AvgIpc) is 1.30. The highest BCUT2D eigenvalue weighted by molar-refractivity contribution is 7.25. The van der Waals surface area contributed by atoms with Gasteiger partial charge in [0.25, 0.3) is 0 Å². The second kappa shape index (κ2) is 32.5. The summed E-state index contributed by atoms with van der Waals surface area (Å²) in [6.45, 7) is 0. The number of rotatable bonds is 10. The van der Waals surface area contributed by atoms with Crippen molar-refractivity contribution < 1.29 is 4.42 Å². The molecule has 0 fully saturated rings. The first kappa shape index (κ1) is 78.9. The Kier molecular flexibility index (Phi) is 18.7. The summed E-state index contributed by atoms with van der Waals surface area (Å²) in [6, 6.07) is 169. The highest BCUT2D eigenvalue weighted by Crippen LogP contribution is 2.47. The molecule has 0 unspecified atom stereocenters. The number of pyridine rings is 3. The lowest BCUT2D eigenvalue weighted by Crippen LogP contribution is -1.94. The van der Waals surface area contributed by atoms with Crippen LogP contribution in [-0.4, -0.2) is 28.7 Å². The molecule has 137 heavy (non-hydrogen) atoms. The maximum Gasteiger partial charge on any atom is 0.135 e. The quantitative estimate of drug-likeness (QED) is 0.128. The molecule has 8 heteroatoms. The Hall–Kier alpha value is -18.0. The van der Waals surface area contributed by atoms with Gasteiger partial charge in [-0.25, -0.2) is 0 Å². The van der Waals surface area contributed by atoms with Gasteiger partial charge in [-0.15, -0.1) is 11.3 Å². The highest BCUT2D eigenvalue weighted by atomic mass is 32.1. The van der Waals surface area contributed by atoms with Gasteiger partial charge in [-0.3, -0.25) is 15.0 Å². The van der Waals surface area contributed by atoms with E-state index in [-0.39, 0.29) is 0 Å². The molecule has 0 bridgehead atoms. The fourth-order valence-corrected chi connectivity index (χ4v) is 22.5. The van der Waals surface area contributed by atoms with Gasteiger partial charge in [-0.2, -0.15) is 0 Å². The fourth-order valence-electron chi connectivity index (χ4n) is 21.5. The van der Waals surface area contributed by atoms with E-state index < -0.39 is 0 Å². The van der Waals surface area contributed by atoms with Gasteiger partial charge in [-0.05, 0) is 246 Å². The molecule has 0 aliphatic rings. The van der Waals surface area contributed by atoms with Crippen LogP contribution in [-0.2, 0) is 0 Å². The van der Waals surface area contributed by atoms with E-state index in [2.05, 4.69) is 463 Å². The second-order valence-electron chi connectivity index (χ2n) is 35.6. The molecule has 0 N–H and O–H groups in total. The monoisotopic (exact) mass is 1760 g/mol. The van der Waals surface area contributed by atoms with Crippen LogP contribution in [0.1, 0.15) is 0 Å². The zero-order valence-electron chi connectivity index (χ0n) is 74.2. The minimum Gasteiger partial charge on any atom is -0.456 e. The third-order valence-electron chi connectivity index (χ3n) is 27.8. The van der Waals surface area contributed by atoms with Gasteiger partial charge in [0.1, 0.15) is 11.2 Å². The maximum atomic E-state index is 6.39. The molecule has 29 rings (SSSR count). The van der Waals surface area contributed by atoms with E-state index in [1.165, 1.54) is 196 Å². The molecule has 638 valence electrons. The Balaban J connectivity index is 0.000000104. The molecular weight excluding hydrogens is 1680 g/mol. The first-order valence-electron chi connectivity index (χ1n) is 46.6. The topological polar surface area (TPSA) is 66.6 Å². The molecule has 0 atom stereocenters. The number of nitrogens with zero attached hydrogens (tertiary/aromatic N) is 6. The van der Waals surface area contributed by atoms with Gasteiger partial charge in [0.05, 0.1) is 49.7 Å². The van der Waals surface area contributed by atoms with Crippen LogP contribution in [0.2, 0.25) is 0 Å². The zero-order chi connectivity index (χ0) is 90.1. The fraction of sp³-hybridized carbons (Fsp3) is 0. The van der Waals surface area contributed by atoms with E-state index in [0.29, 0.717) is 0 Å². The summed E-state index contributed by atoms with van der Waals surface area (Å²) < 4.78 is 16.2. The molecular formula is C129H80N6OS. The lowest BCUT2D eigenvalue weighted by atomic mass is 9.94. The third kappa shape index (κ3) is 13.4. The first-order chi connectivity index (χ1) is 67.9. The van der Waals surface area contributed by atoms with E-state index in [4.69, 9.17) is 19.4 Å². The Morgan fingerprint density at radius 3 is 0.942 bits per heavy atom. The van der Waals surface area contributed by atoms with Crippen LogP contribution < -0.4 is 0 Å². The number of hydrogen-bond donors (Lipinski definition) is 0. The van der Waals surface area contributed by atoms with Crippen LogP contribution >= 0.6 is 11.3 Å². The molecule has 8 heterocycles. The predicted molar refractivity (Wildman–Crippen MR) is 579 cm³/mol. The Labute approximate surface area is 791 Å². The number of furan rings is 1. The number of para-hydroxylation sites is 3. The summed E-state index contributed by atoms with van der Waals surface area (Å²) in [6.07, 6.45) is 5.66. The molecule has 0 spiro atoms. The van der Waals surface area contributed by atoms with Crippen molar-refractivity contribution in [2.24, 2.45) is 0 Å². The number of aromatic nitrogens is 6. The SMILES string of the molecule is c1ccc(-c2ccc3c(c2)c2ccccc2n3-c2ccc3oc4ccc(-c5cccc6ccc7cccnc7c56)cc4c3c2)cc1.c1ccc(-c2ccc3c(c2)c2ccccc2n3-c2ccc3sc4ccc(-c5cccc6ccc7cccnc7c56)cc4c3c2)cc1.c1ccc(-c2ccc3c(c2)c2ccccc2n3-c2cccc(-c3cccc(-c4cccc5ccc6cccnc6c45)c3)c2)cc1. The minimum absolute atomic E-state index is 0.882. The predicted octanol–water partition coefficient (Wildman–Crippen LogP) is 35.4. The highest BCUT2D eigenvalue weighted by Gasteiger charge is 2.23. The van der Waals surface area contributed by atoms with Crippen molar-refractivity contribution in [1.82, 2.24) is 28.7 Å². The summed E-state index contributed by atoms with van der Waals surface area (Å²) in [5.74, 6) is 0. The van der Waals surface area contributed by atoms with Crippen molar-refractivity contribution in [2.75, 3.05) is 0 Å². The summed E-state index contributed by atoms with van der Waals surface area (Å²) in [4.78, 5) is 14.4. The maximum absolute atomic E-state index is 6.39. The van der Waals surface area contributed by atoms with E-state index in [0.717, 1.165) is 71.6 Å². The summed E-state index contributed by atoms with van der Waals surface area (Å²) in [7, 11) is 0. The van der Waals surface area contributed by atoms with Crippen LogP contribution in [0.15, 0.2) is 490 Å². The van der Waals surface area contributed by atoms with Crippen molar-refractivity contribution in [3.05, 3.63) is 486 Å². The molecule has 0 saturated carbocycles. The second-order valence-corrected chi connectivity index (χ2v) is 36.7. The normalized spacial score (nSPS) is 11.8. The van der Waals surface area contributed by atoms with Gasteiger partial charge in [0.2, 0.25) is 0 Å². The van der Waals surface area contributed by atoms with Crippen LogP contribution in [0, 0.1) is 0 Å². The van der Waals surface area contributed by atoms with Gasteiger partial charge < -0.3 is 18.1 Å². The minimum atomic E-state index is 0.882. The molecule has 7 nitrogen and oxygen atoms in total. The van der Waals surface area contributed by atoms with Crippen LogP contribution in [0.5, 0.6) is 0 Å². The van der Waals surface area contributed by atoms with Crippen LogP contribution in [0.25, 0.3) is 268 Å². The Bertz CT molecular complexity index is 9570. The summed E-state index contributed by atoms with van der Waals surface area (Å²) in [5, 5.41) is 23.0. The molecule has 0 radical (unpaired) electrons. The van der Waals surface area contributed by atoms with Gasteiger partial charge in [0, 0.05) is 131 Å². The molecule has 0 aliphatic carbocycles. The van der Waals surface area contributed by atoms with Crippen molar-refractivity contribution in [3.63, 3.8) is 0 Å². The summed E-state index contributed by atoms with van der Waals surface area (Å²) in [5.41, 5.74) is 32.4. The standard InChI is InChI=1S/C43H26N2O.C43H26N2S.C43H28N2/c2*1-2-8-27(9-3-1)30-17-20-39-35(24-30)34-12-4-5-14-38(34)45(39)32-19-22-41-37(26-32)36-25-31(18-21-40(36)46-41)33-13-6-10-28-15-16-29-11-7-23-44-43(29)42(28)33;1-2-10-29(11-3-1)34-23-24-41-39(28-34)38-18-4-5-20-40(38)45(41)36-17-7-14-33(27-36)32-13-6-15-35(26-32)37-19-8-12-30-21-22-31-16-9-25-44-43(31)42(30)37/h2*1-26H;1-28H. The molecule has 8 aromatic heterocycles. The van der Waals surface area contributed by atoms with Gasteiger partial charge in [0.15, 0.2) is 0 Å². The molecule has 21 aromatic carbocycles. The lowest BCUT2D eigenvalue weighted by Gasteiger charge is -2.13. The Morgan fingerprint density at radius 1 is 0.175 bits per heavy atom. The summed E-state index contributed by atoms with van der Waals surface area (Å²) >= 11 is 1.86. The first-order valence-corrected chi connectivity index (χ1v) is 47.4. The van der Waals surface area contributed by atoms with E-state index in [9.17, 15) is 0 Å². The largest absolute Gasteiger partial charge is 0.456 e. The Morgan fingerprint density at radius 2 is 0.474 bits per heavy atom. The molecule has 0 saturated heterocycles. The smallest absolute Gasteiger partial charge is 0.135 e. The number of thiophene rings is 1. The van der Waals surface area contributed by atoms with Crippen LogP contribution in [0.4, 0.5) is 0 Å². The zero-order valence-corrected chi connectivity index (χ0v) is 75.0. The molecule has 0 aliphatic heterocycles.